The van der Waals surface area contributed by atoms with Gasteiger partial charge in [-0.2, -0.15) is 6.08 Å². The fourth-order valence-electron chi connectivity index (χ4n) is 1.64. The van der Waals surface area contributed by atoms with Gasteiger partial charge >= 0.3 is 29.6 Å². The van der Waals surface area contributed by atoms with Gasteiger partial charge in [-0.05, 0) is 25.3 Å². The van der Waals surface area contributed by atoms with Gasteiger partial charge in [0.25, 0.3) is 0 Å². The molecular weight excluding hydrogens is 217 g/mol. The van der Waals surface area contributed by atoms with Crippen molar-refractivity contribution in [3.63, 3.8) is 0 Å². The molecule has 2 N–H and O–H groups in total. The third-order valence-corrected chi connectivity index (χ3v) is 2.48. The molecule has 86 valence electrons. The third-order valence-electron chi connectivity index (χ3n) is 2.48. The van der Waals surface area contributed by atoms with Crippen molar-refractivity contribution >= 4 is 11.7 Å². The van der Waals surface area contributed by atoms with Gasteiger partial charge in [-0.25, -0.2) is 0 Å². The van der Waals surface area contributed by atoms with Crippen LogP contribution in [-0.2, 0) is 9.59 Å². The van der Waals surface area contributed by atoms with E-state index in [0.29, 0.717) is 5.92 Å². The first kappa shape index (κ1) is 18.2. The largest absolute Gasteiger partial charge is 1.00 e. The predicted molar refractivity (Wildman–Crippen MR) is 55.4 cm³/mol. The van der Waals surface area contributed by atoms with E-state index in [2.05, 4.69) is 25.2 Å². The van der Waals surface area contributed by atoms with Crippen LogP contribution < -0.4 is 34.9 Å². The van der Waals surface area contributed by atoms with Crippen LogP contribution in [-0.4, -0.2) is 23.2 Å². The van der Waals surface area contributed by atoms with Crippen LogP contribution >= 0.6 is 0 Å². The molecule has 0 aromatic heterocycles. The number of hydrogen-bond acceptors (Lipinski definition) is 3. The maximum Gasteiger partial charge on any atom is 1.00 e. The van der Waals surface area contributed by atoms with E-state index in [4.69, 9.17) is 0 Å². The average molecular weight is 234 g/mol. The summed E-state index contributed by atoms with van der Waals surface area (Å²) < 4.78 is 0. The van der Waals surface area contributed by atoms with E-state index in [1.54, 1.807) is 0 Å². The SMILES string of the molecule is CCCC(C)C1[C-]=C(C(C)=O)C(=O)N1.[Na+].[OH-]. The Labute approximate surface area is 118 Å². The van der Waals surface area contributed by atoms with E-state index in [0.717, 1.165) is 12.8 Å². The van der Waals surface area contributed by atoms with Crippen molar-refractivity contribution in [1.82, 2.24) is 5.32 Å². The fourth-order valence-corrected chi connectivity index (χ4v) is 1.64. The topological polar surface area (TPSA) is 76.2 Å². The van der Waals surface area contributed by atoms with Crippen molar-refractivity contribution in [2.45, 2.75) is 39.7 Å². The summed E-state index contributed by atoms with van der Waals surface area (Å²) in [7, 11) is 0. The monoisotopic (exact) mass is 234 g/mol. The summed E-state index contributed by atoms with van der Waals surface area (Å²) in [4.78, 5) is 22.3. The van der Waals surface area contributed by atoms with E-state index in [1.807, 2.05) is 0 Å². The standard InChI is InChI=1S/C11H16NO2.Na.H2O/c1-4-5-7(2)10-6-9(8(3)13)11(14)12-10;;/h7,10H,4-5H2,1-3H3,(H,12,14);;1H2/q-1;+1;/p-1. The molecule has 0 saturated carbocycles. The maximum atomic E-state index is 11.3. The molecule has 16 heavy (non-hydrogen) atoms. The summed E-state index contributed by atoms with van der Waals surface area (Å²) in [5.41, 5.74) is 0.193. The van der Waals surface area contributed by atoms with Crippen molar-refractivity contribution in [2.24, 2.45) is 5.92 Å². The first-order valence-corrected chi connectivity index (χ1v) is 5.01. The smallest absolute Gasteiger partial charge is 0.870 e. The normalized spacial score (nSPS) is 20.1. The molecule has 0 aromatic carbocycles. The zero-order valence-corrected chi connectivity index (χ0v) is 12.3. The average Bonchev–Trinajstić information content (AvgIpc) is 2.48. The molecule has 0 spiro atoms. The quantitative estimate of drug-likeness (QED) is 0.349. The summed E-state index contributed by atoms with van der Waals surface area (Å²) in [6.45, 7) is 5.56. The number of hydrogen-bond donors (Lipinski definition) is 1. The van der Waals surface area contributed by atoms with Crippen LogP contribution in [0.15, 0.2) is 5.57 Å². The molecule has 1 aliphatic rings. The summed E-state index contributed by atoms with van der Waals surface area (Å²) in [6.07, 6.45) is 5.04. The molecule has 1 amide bonds. The Bertz CT molecular complexity index is 289. The van der Waals surface area contributed by atoms with Crippen LogP contribution in [0.2, 0.25) is 0 Å². The van der Waals surface area contributed by atoms with Gasteiger partial charge in [0, 0.05) is 0 Å². The zero-order chi connectivity index (χ0) is 10.7. The van der Waals surface area contributed by atoms with E-state index in [-0.39, 0.29) is 58.3 Å². The van der Waals surface area contributed by atoms with Crippen molar-refractivity contribution in [1.29, 1.82) is 0 Å². The Morgan fingerprint density at radius 2 is 2.12 bits per heavy atom. The molecule has 0 aromatic rings. The Morgan fingerprint density at radius 3 is 2.50 bits per heavy atom. The van der Waals surface area contributed by atoms with E-state index < -0.39 is 0 Å². The molecule has 1 rings (SSSR count). The van der Waals surface area contributed by atoms with Crippen molar-refractivity contribution in [3.8, 4) is 0 Å². The molecule has 1 heterocycles. The van der Waals surface area contributed by atoms with E-state index in [9.17, 15) is 9.59 Å². The minimum Gasteiger partial charge on any atom is -0.870 e. The second kappa shape index (κ2) is 8.01. The maximum absolute atomic E-state index is 11.3. The van der Waals surface area contributed by atoms with E-state index in [1.165, 1.54) is 6.92 Å². The van der Waals surface area contributed by atoms with E-state index >= 15 is 0 Å². The third kappa shape index (κ3) is 4.37. The number of amides is 1. The van der Waals surface area contributed by atoms with Gasteiger partial charge in [-0.1, -0.05) is 25.8 Å². The number of ketones is 1. The van der Waals surface area contributed by atoms with Crippen LogP contribution in [0.25, 0.3) is 0 Å². The first-order chi connectivity index (χ1) is 6.56. The second-order valence-corrected chi connectivity index (χ2v) is 3.79. The molecule has 2 unspecified atom stereocenters. The van der Waals surface area contributed by atoms with Crippen molar-refractivity contribution < 1.29 is 44.6 Å². The van der Waals surface area contributed by atoms with Gasteiger partial charge in [-0.15, -0.1) is 0 Å². The molecule has 0 bridgehead atoms. The molecule has 4 nitrogen and oxygen atoms in total. The molecule has 0 radical (unpaired) electrons. The van der Waals surface area contributed by atoms with Crippen LogP contribution in [0.1, 0.15) is 33.6 Å². The van der Waals surface area contributed by atoms with Crippen LogP contribution in [0.3, 0.4) is 0 Å². The Kier molecular flexibility index (Phi) is 9.12. The number of Topliss-reactive ketones (excluding diaryl/α,β-unsaturated/α-hetero) is 1. The van der Waals surface area contributed by atoms with Gasteiger partial charge in [0.1, 0.15) is 5.91 Å². The fraction of sp³-hybridized carbons (Fsp3) is 0.636. The Balaban J connectivity index is 0. The molecule has 2 atom stereocenters. The molecule has 5 heteroatoms. The van der Waals surface area contributed by atoms with Gasteiger partial charge in [0.05, 0.1) is 5.78 Å². The number of carbonyl (C=O) groups is 2. The Hall–Kier alpha value is -0.160. The minimum atomic E-state index is -0.273. The summed E-state index contributed by atoms with van der Waals surface area (Å²) in [6, 6.07) is -0.0821. The molecule has 0 aliphatic carbocycles. The van der Waals surface area contributed by atoms with Gasteiger partial charge in [0.2, 0.25) is 0 Å². The summed E-state index contributed by atoms with van der Waals surface area (Å²) in [5.74, 6) is -0.125. The van der Waals surface area contributed by atoms with Gasteiger partial charge in [0.15, 0.2) is 0 Å². The van der Waals surface area contributed by atoms with Gasteiger partial charge < -0.3 is 20.4 Å². The molecule has 0 fully saturated rings. The van der Waals surface area contributed by atoms with Crippen LogP contribution in [0.5, 0.6) is 0 Å². The minimum absolute atomic E-state index is 0. The van der Waals surface area contributed by atoms with Gasteiger partial charge in [-0.3, -0.25) is 0 Å². The predicted octanol–water partition coefficient (Wildman–Crippen LogP) is -1.93. The van der Waals surface area contributed by atoms with Crippen LogP contribution in [0, 0.1) is 12.0 Å². The molecule has 0 saturated heterocycles. The number of rotatable bonds is 4. The summed E-state index contributed by atoms with van der Waals surface area (Å²) >= 11 is 0. The first-order valence-electron chi connectivity index (χ1n) is 5.01. The molecular formula is C11H17NNaO3-. The summed E-state index contributed by atoms with van der Waals surface area (Å²) in [5, 5.41) is 2.76. The second-order valence-electron chi connectivity index (χ2n) is 3.79. The van der Waals surface area contributed by atoms with Crippen molar-refractivity contribution in [2.75, 3.05) is 0 Å². The number of carbonyl (C=O) groups excluding carboxylic acids is 2. The zero-order valence-electron chi connectivity index (χ0n) is 10.3. The Morgan fingerprint density at radius 1 is 1.56 bits per heavy atom. The number of nitrogens with one attached hydrogen (secondary N) is 1. The van der Waals surface area contributed by atoms with Crippen molar-refractivity contribution in [3.05, 3.63) is 11.6 Å². The molecule has 1 aliphatic heterocycles. The van der Waals surface area contributed by atoms with Crippen LogP contribution in [0.4, 0.5) is 0 Å².